The summed E-state index contributed by atoms with van der Waals surface area (Å²) < 4.78 is 0. The molecule has 0 saturated heterocycles. The zero-order valence-corrected chi connectivity index (χ0v) is 9.54. The van der Waals surface area contributed by atoms with Gasteiger partial charge in [-0.15, -0.1) is 0 Å². The van der Waals surface area contributed by atoms with E-state index in [1.807, 2.05) is 13.2 Å². The molecule has 0 aromatic carbocycles. The molecule has 0 aromatic rings. The molecule has 0 aliphatic heterocycles. The Hall–Kier alpha value is -0.790. The minimum absolute atomic E-state index is 0.817. The van der Waals surface area contributed by atoms with E-state index in [-0.39, 0.29) is 0 Å². The van der Waals surface area contributed by atoms with Gasteiger partial charge in [-0.25, -0.2) is 0 Å². The second-order valence-electron chi connectivity index (χ2n) is 3.73. The summed E-state index contributed by atoms with van der Waals surface area (Å²) in [5.74, 6) is 0. The van der Waals surface area contributed by atoms with Gasteiger partial charge in [0, 0.05) is 19.8 Å². The molecule has 0 aromatic heterocycles. The van der Waals surface area contributed by atoms with Crippen LogP contribution >= 0.6 is 0 Å². The van der Waals surface area contributed by atoms with Gasteiger partial charge in [0.1, 0.15) is 6.29 Å². The van der Waals surface area contributed by atoms with Gasteiger partial charge < -0.3 is 4.90 Å². The molecular formula is C12H23NO. The van der Waals surface area contributed by atoms with E-state index >= 15 is 0 Å². The largest absolute Gasteiger partial charge is 0.380 e. The Labute approximate surface area is 88.0 Å². The molecule has 0 bridgehead atoms. The standard InChI is InChI=1S/C12H23NO/c1-3-4-5-6-7-8-10-13(2)11-9-12-14/h9,11-12H,3-8,10H2,1-2H3. The maximum atomic E-state index is 10.0. The van der Waals surface area contributed by atoms with Gasteiger partial charge in [0.05, 0.1) is 0 Å². The Morgan fingerprint density at radius 2 is 1.71 bits per heavy atom. The molecule has 0 spiro atoms. The molecule has 0 aliphatic carbocycles. The fraction of sp³-hybridized carbons (Fsp3) is 0.750. The van der Waals surface area contributed by atoms with Gasteiger partial charge in [-0.1, -0.05) is 39.0 Å². The molecule has 82 valence electrons. The van der Waals surface area contributed by atoms with E-state index in [1.54, 1.807) is 0 Å². The predicted molar refractivity (Wildman–Crippen MR) is 61.2 cm³/mol. The lowest BCUT2D eigenvalue weighted by atomic mass is 10.1. The zero-order chi connectivity index (χ0) is 10.6. The van der Waals surface area contributed by atoms with E-state index in [4.69, 9.17) is 0 Å². The van der Waals surface area contributed by atoms with Gasteiger partial charge in [0.15, 0.2) is 0 Å². The van der Waals surface area contributed by atoms with Crippen molar-refractivity contribution in [2.45, 2.75) is 45.4 Å². The lowest BCUT2D eigenvalue weighted by Crippen LogP contribution is -2.11. The van der Waals surface area contributed by atoms with Crippen molar-refractivity contribution in [3.63, 3.8) is 0 Å². The van der Waals surface area contributed by atoms with Crippen LogP contribution in [0.2, 0.25) is 0 Å². The molecule has 0 atom stereocenters. The van der Waals surface area contributed by atoms with Crippen molar-refractivity contribution in [3.8, 4) is 0 Å². The Balaban J connectivity index is 3.18. The van der Waals surface area contributed by atoms with Crippen LogP contribution in [-0.2, 0) is 4.79 Å². The van der Waals surface area contributed by atoms with E-state index in [1.165, 1.54) is 44.6 Å². The number of carbonyl (C=O) groups excluding carboxylic acids is 1. The lowest BCUT2D eigenvalue weighted by Gasteiger charge is -2.12. The minimum Gasteiger partial charge on any atom is -0.380 e. The van der Waals surface area contributed by atoms with E-state index in [0.29, 0.717) is 0 Å². The van der Waals surface area contributed by atoms with Gasteiger partial charge in [-0.05, 0) is 12.5 Å². The molecule has 2 nitrogen and oxygen atoms in total. The number of rotatable bonds is 9. The first-order valence-corrected chi connectivity index (χ1v) is 5.63. The smallest absolute Gasteiger partial charge is 0.144 e. The predicted octanol–water partition coefficient (Wildman–Crippen LogP) is 2.99. The average molecular weight is 197 g/mol. The number of carbonyl (C=O) groups is 1. The van der Waals surface area contributed by atoms with E-state index < -0.39 is 0 Å². The molecule has 0 unspecified atom stereocenters. The van der Waals surface area contributed by atoms with Crippen molar-refractivity contribution in [1.82, 2.24) is 4.90 Å². The molecule has 0 N–H and O–H groups in total. The van der Waals surface area contributed by atoms with Gasteiger partial charge in [0.2, 0.25) is 0 Å². The fourth-order valence-corrected chi connectivity index (χ4v) is 1.40. The molecule has 0 amide bonds. The molecular weight excluding hydrogens is 174 g/mol. The van der Waals surface area contributed by atoms with Crippen LogP contribution in [0.25, 0.3) is 0 Å². The lowest BCUT2D eigenvalue weighted by molar-refractivity contribution is -0.104. The van der Waals surface area contributed by atoms with Crippen molar-refractivity contribution in [3.05, 3.63) is 12.3 Å². The highest BCUT2D eigenvalue weighted by Crippen LogP contribution is 2.05. The summed E-state index contributed by atoms with van der Waals surface area (Å²) in [6.07, 6.45) is 12.1. The second-order valence-corrected chi connectivity index (χ2v) is 3.73. The topological polar surface area (TPSA) is 20.3 Å². The van der Waals surface area contributed by atoms with E-state index in [9.17, 15) is 4.79 Å². The van der Waals surface area contributed by atoms with Crippen molar-refractivity contribution in [1.29, 1.82) is 0 Å². The summed E-state index contributed by atoms with van der Waals surface area (Å²) in [4.78, 5) is 12.1. The van der Waals surface area contributed by atoms with E-state index in [0.717, 1.165) is 12.8 Å². The Morgan fingerprint density at radius 3 is 2.36 bits per heavy atom. The highest BCUT2D eigenvalue weighted by molar-refractivity contribution is 5.64. The van der Waals surface area contributed by atoms with E-state index in [2.05, 4.69) is 11.8 Å². The van der Waals surface area contributed by atoms with Crippen LogP contribution in [0.5, 0.6) is 0 Å². The van der Waals surface area contributed by atoms with Crippen LogP contribution in [-0.4, -0.2) is 24.8 Å². The number of nitrogens with zero attached hydrogens (tertiary/aromatic N) is 1. The summed E-state index contributed by atoms with van der Waals surface area (Å²) in [6, 6.07) is 0. The highest BCUT2D eigenvalue weighted by Gasteiger charge is 1.92. The number of hydrogen-bond donors (Lipinski definition) is 0. The maximum absolute atomic E-state index is 10.0. The third-order valence-corrected chi connectivity index (χ3v) is 2.28. The number of hydrogen-bond acceptors (Lipinski definition) is 2. The highest BCUT2D eigenvalue weighted by atomic mass is 16.1. The van der Waals surface area contributed by atoms with Crippen LogP contribution < -0.4 is 0 Å². The first-order chi connectivity index (χ1) is 6.81. The summed E-state index contributed by atoms with van der Waals surface area (Å²) in [5, 5.41) is 0. The van der Waals surface area contributed by atoms with Crippen molar-refractivity contribution in [2.75, 3.05) is 13.6 Å². The van der Waals surface area contributed by atoms with Crippen LogP contribution in [0.4, 0.5) is 0 Å². The quantitative estimate of drug-likeness (QED) is 0.322. The number of allylic oxidation sites excluding steroid dienone is 1. The minimum atomic E-state index is 0.817. The maximum Gasteiger partial charge on any atom is 0.144 e. The van der Waals surface area contributed by atoms with Gasteiger partial charge in [0.25, 0.3) is 0 Å². The van der Waals surface area contributed by atoms with Crippen LogP contribution in [0.1, 0.15) is 45.4 Å². The van der Waals surface area contributed by atoms with Crippen LogP contribution in [0.3, 0.4) is 0 Å². The second kappa shape index (κ2) is 10.3. The van der Waals surface area contributed by atoms with Crippen molar-refractivity contribution >= 4 is 6.29 Å². The first-order valence-electron chi connectivity index (χ1n) is 5.63. The third kappa shape index (κ3) is 9.30. The van der Waals surface area contributed by atoms with Gasteiger partial charge in [-0.2, -0.15) is 0 Å². The Kier molecular flexibility index (Phi) is 9.71. The molecule has 0 fully saturated rings. The first kappa shape index (κ1) is 13.2. The average Bonchev–Trinajstić information content (AvgIpc) is 2.20. The normalized spacial score (nSPS) is 10.7. The van der Waals surface area contributed by atoms with Crippen molar-refractivity contribution in [2.24, 2.45) is 0 Å². The molecule has 0 rings (SSSR count). The molecule has 14 heavy (non-hydrogen) atoms. The number of unbranched alkanes of at least 4 members (excludes halogenated alkanes) is 5. The third-order valence-electron chi connectivity index (χ3n) is 2.28. The Bertz CT molecular complexity index is 154. The summed E-state index contributed by atoms with van der Waals surface area (Å²) in [7, 11) is 2.01. The molecule has 0 aliphatic rings. The summed E-state index contributed by atoms with van der Waals surface area (Å²) in [5.41, 5.74) is 0. The van der Waals surface area contributed by atoms with Gasteiger partial charge in [-0.3, -0.25) is 4.79 Å². The Morgan fingerprint density at radius 1 is 1.07 bits per heavy atom. The molecule has 0 radical (unpaired) electrons. The SMILES string of the molecule is CCCCCCCCN(C)C=CC=O. The van der Waals surface area contributed by atoms with Crippen LogP contribution in [0, 0.1) is 0 Å². The van der Waals surface area contributed by atoms with Crippen LogP contribution in [0.15, 0.2) is 12.3 Å². The fourth-order valence-electron chi connectivity index (χ4n) is 1.40. The number of aldehydes is 1. The monoisotopic (exact) mass is 197 g/mol. The molecule has 2 heteroatoms. The van der Waals surface area contributed by atoms with Crippen molar-refractivity contribution < 1.29 is 4.79 Å². The zero-order valence-electron chi connectivity index (χ0n) is 9.54. The molecule has 0 saturated carbocycles. The summed E-state index contributed by atoms with van der Waals surface area (Å²) >= 11 is 0. The summed E-state index contributed by atoms with van der Waals surface area (Å²) in [6.45, 7) is 3.29. The molecule has 0 heterocycles. The van der Waals surface area contributed by atoms with Gasteiger partial charge >= 0.3 is 0 Å².